The first-order valence-electron chi connectivity index (χ1n) is 7.88. The third-order valence-corrected chi connectivity index (χ3v) is 4.84. The van der Waals surface area contributed by atoms with Crippen molar-refractivity contribution in [3.8, 4) is 0 Å². The number of nitrogens with zero attached hydrogens (tertiary/aromatic N) is 3. The van der Waals surface area contributed by atoms with E-state index in [0.29, 0.717) is 28.0 Å². The molecule has 1 N–H and O–H groups in total. The number of amides is 1. The number of carbonyl (C=O) groups is 1. The highest BCUT2D eigenvalue weighted by molar-refractivity contribution is 6.42. The number of aryl methyl sites for hydroxylation is 1. The van der Waals surface area contributed by atoms with Crippen molar-refractivity contribution in [2.75, 3.05) is 5.32 Å². The van der Waals surface area contributed by atoms with Crippen LogP contribution in [0.1, 0.15) is 21.5 Å². The van der Waals surface area contributed by atoms with E-state index in [1.54, 1.807) is 29.8 Å². The third kappa shape index (κ3) is 4.10. The highest BCUT2D eigenvalue weighted by Crippen LogP contribution is 2.27. The van der Waals surface area contributed by atoms with E-state index in [2.05, 4.69) is 10.4 Å². The first kappa shape index (κ1) is 18.9. The van der Waals surface area contributed by atoms with Crippen molar-refractivity contribution in [1.29, 1.82) is 0 Å². The minimum atomic E-state index is -0.516. The van der Waals surface area contributed by atoms with Gasteiger partial charge in [-0.1, -0.05) is 41.4 Å². The largest absolute Gasteiger partial charge is 0.307 e. The van der Waals surface area contributed by atoms with E-state index in [1.807, 2.05) is 6.07 Å². The van der Waals surface area contributed by atoms with Crippen molar-refractivity contribution in [3.63, 3.8) is 0 Å². The Morgan fingerprint density at radius 2 is 2.04 bits per heavy atom. The Morgan fingerprint density at radius 3 is 2.78 bits per heavy atom. The van der Waals surface area contributed by atoms with Crippen molar-refractivity contribution in [3.05, 3.63) is 85.5 Å². The number of halogens is 2. The number of nitro benzene ring substituents is 1. The van der Waals surface area contributed by atoms with E-state index in [1.165, 1.54) is 24.4 Å². The molecule has 3 rings (SSSR count). The maximum atomic E-state index is 12.5. The predicted octanol–water partition coefficient (Wildman–Crippen LogP) is 4.71. The first-order chi connectivity index (χ1) is 12.9. The van der Waals surface area contributed by atoms with Crippen molar-refractivity contribution in [2.24, 2.45) is 0 Å². The van der Waals surface area contributed by atoms with Gasteiger partial charge in [0.1, 0.15) is 5.82 Å². The van der Waals surface area contributed by atoms with E-state index in [9.17, 15) is 14.9 Å². The molecule has 0 aliphatic carbocycles. The highest BCUT2D eigenvalue weighted by atomic mass is 35.5. The third-order valence-electron chi connectivity index (χ3n) is 3.98. The van der Waals surface area contributed by atoms with Gasteiger partial charge in [-0.2, -0.15) is 5.10 Å². The summed E-state index contributed by atoms with van der Waals surface area (Å²) in [6.07, 6.45) is 1.53. The standard InChI is InChI=1S/C18H14Cl2N4O3/c1-11-5-6-12(9-15(11)24(26)27)18(25)22-16-7-8-21-23(16)10-13-3-2-4-14(19)17(13)20/h2-9H,10H2,1H3,(H,22,25). The Kier molecular flexibility index (Phi) is 5.43. The van der Waals surface area contributed by atoms with Crippen LogP contribution in [0.4, 0.5) is 11.5 Å². The number of hydrogen-bond acceptors (Lipinski definition) is 4. The number of rotatable bonds is 5. The second-order valence-corrected chi connectivity index (χ2v) is 6.58. The van der Waals surface area contributed by atoms with Gasteiger partial charge in [-0.15, -0.1) is 0 Å². The molecule has 0 aliphatic heterocycles. The Bertz CT molecular complexity index is 1030. The minimum Gasteiger partial charge on any atom is -0.307 e. The number of aromatic nitrogens is 2. The summed E-state index contributed by atoms with van der Waals surface area (Å²) in [6, 6.07) is 11.2. The van der Waals surface area contributed by atoms with Crippen LogP contribution in [0.15, 0.2) is 48.7 Å². The number of nitrogens with one attached hydrogen (secondary N) is 1. The zero-order chi connectivity index (χ0) is 19.6. The van der Waals surface area contributed by atoms with Crippen LogP contribution >= 0.6 is 23.2 Å². The van der Waals surface area contributed by atoms with Crippen molar-refractivity contribution in [2.45, 2.75) is 13.5 Å². The molecular weight excluding hydrogens is 391 g/mol. The van der Waals surface area contributed by atoms with Gasteiger partial charge in [0.2, 0.25) is 0 Å². The highest BCUT2D eigenvalue weighted by Gasteiger charge is 2.16. The number of hydrogen-bond donors (Lipinski definition) is 1. The van der Waals surface area contributed by atoms with E-state index in [0.717, 1.165) is 5.56 Å². The molecule has 3 aromatic rings. The summed E-state index contributed by atoms with van der Waals surface area (Å²) in [7, 11) is 0. The van der Waals surface area contributed by atoms with Crippen LogP contribution in [0.2, 0.25) is 10.0 Å². The summed E-state index contributed by atoms with van der Waals surface area (Å²) in [5.74, 6) is -0.0451. The zero-order valence-electron chi connectivity index (χ0n) is 14.1. The Balaban J connectivity index is 1.82. The van der Waals surface area contributed by atoms with Crippen LogP contribution in [0.5, 0.6) is 0 Å². The summed E-state index contributed by atoms with van der Waals surface area (Å²) in [4.78, 5) is 23.1. The van der Waals surface area contributed by atoms with Crippen LogP contribution in [0, 0.1) is 17.0 Å². The Labute approximate surface area is 164 Å². The molecular formula is C18H14Cl2N4O3. The quantitative estimate of drug-likeness (QED) is 0.492. The van der Waals surface area contributed by atoms with E-state index >= 15 is 0 Å². The molecule has 0 bridgehead atoms. The predicted molar refractivity (Wildman–Crippen MR) is 104 cm³/mol. The van der Waals surface area contributed by atoms with Crippen LogP contribution in [-0.4, -0.2) is 20.6 Å². The van der Waals surface area contributed by atoms with E-state index in [-0.39, 0.29) is 11.3 Å². The van der Waals surface area contributed by atoms with Crippen LogP contribution in [0.25, 0.3) is 0 Å². The monoisotopic (exact) mass is 404 g/mol. The smallest absolute Gasteiger partial charge is 0.273 e. The summed E-state index contributed by atoms with van der Waals surface area (Å²) in [5, 5.41) is 18.8. The number of benzene rings is 2. The molecule has 0 atom stereocenters. The number of anilines is 1. The molecule has 0 fully saturated rings. The Hall–Kier alpha value is -2.90. The molecule has 1 aromatic heterocycles. The van der Waals surface area contributed by atoms with Gasteiger partial charge in [-0.05, 0) is 24.6 Å². The van der Waals surface area contributed by atoms with Gasteiger partial charge in [0.15, 0.2) is 0 Å². The maximum Gasteiger partial charge on any atom is 0.273 e. The molecule has 138 valence electrons. The van der Waals surface area contributed by atoms with E-state index in [4.69, 9.17) is 23.2 Å². The van der Waals surface area contributed by atoms with Gasteiger partial charge in [0.25, 0.3) is 11.6 Å². The summed E-state index contributed by atoms with van der Waals surface area (Å²) in [5.41, 5.74) is 1.30. The summed E-state index contributed by atoms with van der Waals surface area (Å²) < 4.78 is 1.55. The number of nitro groups is 1. The fraction of sp³-hybridized carbons (Fsp3) is 0.111. The van der Waals surface area contributed by atoms with Crippen molar-refractivity contribution >= 4 is 40.6 Å². The maximum absolute atomic E-state index is 12.5. The summed E-state index contributed by atoms with van der Waals surface area (Å²) >= 11 is 12.2. The molecule has 0 radical (unpaired) electrons. The minimum absolute atomic E-state index is 0.109. The lowest BCUT2D eigenvalue weighted by Gasteiger charge is -2.11. The molecule has 7 nitrogen and oxygen atoms in total. The van der Waals surface area contributed by atoms with Crippen molar-refractivity contribution < 1.29 is 9.72 Å². The van der Waals surface area contributed by atoms with E-state index < -0.39 is 10.8 Å². The molecule has 2 aromatic carbocycles. The van der Waals surface area contributed by atoms with Gasteiger partial charge in [-0.3, -0.25) is 14.9 Å². The molecule has 0 saturated heterocycles. The normalized spacial score (nSPS) is 10.6. The molecule has 9 heteroatoms. The fourth-order valence-corrected chi connectivity index (χ4v) is 2.91. The SMILES string of the molecule is Cc1ccc(C(=O)Nc2ccnn2Cc2cccc(Cl)c2Cl)cc1[N+](=O)[O-]. The lowest BCUT2D eigenvalue weighted by atomic mass is 10.1. The van der Waals surface area contributed by atoms with Crippen LogP contribution < -0.4 is 5.32 Å². The summed E-state index contributed by atoms with van der Waals surface area (Å²) in [6.45, 7) is 1.92. The number of carbonyl (C=O) groups excluding carboxylic acids is 1. The average Bonchev–Trinajstić information content (AvgIpc) is 3.05. The second-order valence-electron chi connectivity index (χ2n) is 5.80. The van der Waals surface area contributed by atoms with Gasteiger partial charge in [-0.25, -0.2) is 4.68 Å². The lowest BCUT2D eigenvalue weighted by molar-refractivity contribution is -0.385. The molecule has 0 spiro atoms. The second kappa shape index (κ2) is 7.77. The van der Waals surface area contributed by atoms with Crippen LogP contribution in [-0.2, 0) is 6.54 Å². The molecule has 1 amide bonds. The van der Waals surface area contributed by atoms with Gasteiger partial charge in [0, 0.05) is 23.3 Å². The lowest BCUT2D eigenvalue weighted by Crippen LogP contribution is -2.16. The van der Waals surface area contributed by atoms with Crippen LogP contribution in [0.3, 0.4) is 0 Å². The molecule has 0 aliphatic rings. The van der Waals surface area contributed by atoms with Gasteiger partial charge >= 0.3 is 0 Å². The molecule has 1 heterocycles. The van der Waals surface area contributed by atoms with Gasteiger partial charge in [0.05, 0.1) is 27.7 Å². The fourth-order valence-electron chi connectivity index (χ4n) is 2.53. The zero-order valence-corrected chi connectivity index (χ0v) is 15.7. The molecule has 27 heavy (non-hydrogen) atoms. The molecule has 0 saturated carbocycles. The van der Waals surface area contributed by atoms with Crippen molar-refractivity contribution in [1.82, 2.24) is 9.78 Å². The van der Waals surface area contributed by atoms with Gasteiger partial charge < -0.3 is 5.32 Å². The topological polar surface area (TPSA) is 90.1 Å². The molecule has 0 unspecified atom stereocenters. The first-order valence-corrected chi connectivity index (χ1v) is 8.63. The Morgan fingerprint density at radius 1 is 1.26 bits per heavy atom. The average molecular weight is 405 g/mol.